The molecule has 1 aliphatic heterocycles. The fraction of sp³-hybridized carbons (Fsp3) is 0.450. The Bertz CT molecular complexity index is 1060. The fourth-order valence-electron chi connectivity index (χ4n) is 3.92. The van der Waals surface area contributed by atoms with Crippen LogP contribution in [-0.2, 0) is 17.1 Å². The smallest absolute Gasteiger partial charge is 0.272 e. The zero-order valence-corrected chi connectivity index (χ0v) is 17.7. The van der Waals surface area contributed by atoms with Gasteiger partial charge in [0.25, 0.3) is 5.91 Å². The summed E-state index contributed by atoms with van der Waals surface area (Å²) in [6.07, 6.45) is 1.78. The molecule has 3 rings (SSSR count). The summed E-state index contributed by atoms with van der Waals surface area (Å²) in [5.41, 5.74) is 0.687. The predicted octanol–water partition coefficient (Wildman–Crippen LogP) is 3.59. The maximum absolute atomic E-state index is 13.9. The summed E-state index contributed by atoms with van der Waals surface area (Å²) in [6.45, 7) is 6.12. The Kier molecular flexibility index (Phi) is 5.82. The second-order valence-corrected chi connectivity index (χ2v) is 9.51. The Morgan fingerprint density at radius 2 is 1.93 bits per heavy atom. The maximum atomic E-state index is 13.9. The number of rotatable bonds is 4. The highest BCUT2D eigenvalue weighted by molar-refractivity contribution is 7.89. The van der Waals surface area contributed by atoms with Crippen LogP contribution in [0.3, 0.4) is 0 Å². The molecule has 1 amide bonds. The highest BCUT2D eigenvalue weighted by Gasteiger charge is 2.35. The van der Waals surface area contributed by atoms with E-state index < -0.39 is 27.6 Å². The predicted molar refractivity (Wildman–Crippen MR) is 106 cm³/mol. The van der Waals surface area contributed by atoms with Crippen LogP contribution in [0.2, 0.25) is 0 Å². The number of aromatic nitrogens is 1. The Labute approximate surface area is 169 Å². The van der Waals surface area contributed by atoms with E-state index in [2.05, 4.69) is 5.32 Å². The number of carbonyl (C=O) groups excluding carboxylic acids is 1. The zero-order valence-electron chi connectivity index (χ0n) is 16.9. The van der Waals surface area contributed by atoms with Gasteiger partial charge in [-0.3, -0.25) is 4.79 Å². The van der Waals surface area contributed by atoms with Crippen LogP contribution in [-0.4, -0.2) is 36.3 Å². The van der Waals surface area contributed by atoms with Crippen LogP contribution in [0.1, 0.15) is 41.5 Å². The lowest BCUT2D eigenvalue weighted by Crippen LogP contribution is -2.39. The average Bonchev–Trinajstić information content (AvgIpc) is 2.86. The second-order valence-electron chi connectivity index (χ2n) is 7.64. The van der Waals surface area contributed by atoms with Gasteiger partial charge >= 0.3 is 0 Å². The summed E-state index contributed by atoms with van der Waals surface area (Å²) in [6, 6.07) is 2.84. The minimum atomic E-state index is -3.77. The molecule has 0 unspecified atom stereocenters. The molecule has 158 valence electrons. The Morgan fingerprint density at radius 3 is 2.55 bits per heavy atom. The van der Waals surface area contributed by atoms with Crippen molar-refractivity contribution in [3.8, 4) is 0 Å². The molecule has 1 atom stereocenters. The zero-order chi connectivity index (χ0) is 21.5. The van der Waals surface area contributed by atoms with Crippen LogP contribution in [0.25, 0.3) is 0 Å². The molecular formula is C20H25F2N3O3S. The molecule has 1 aliphatic rings. The molecule has 2 aromatic rings. The maximum Gasteiger partial charge on any atom is 0.272 e. The largest absolute Gasteiger partial charge is 0.342 e. The van der Waals surface area contributed by atoms with Crippen LogP contribution in [0.15, 0.2) is 23.1 Å². The molecular weight excluding hydrogens is 400 g/mol. The first-order chi connectivity index (χ1) is 13.5. The Balaban J connectivity index is 1.99. The van der Waals surface area contributed by atoms with Crippen LogP contribution in [0.5, 0.6) is 0 Å². The molecule has 1 fully saturated rings. The summed E-state index contributed by atoms with van der Waals surface area (Å²) in [5.74, 6) is -2.05. The molecule has 6 nitrogen and oxygen atoms in total. The van der Waals surface area contributed by atoms with Gasteiger partial charge < -0.3 is 9.88 Å². The Morgan fingerprint density at radius 1 is 1.24 bits per heavy atom. The van der Waals surface area contributed by atoms with Crippen molar-refractivity contribution in [1.29, 1.82) is 0 Å². The highest BCUT2D eigenvalue weighted by Crippen LogP contribution is 2.31. The topological polar surface area (TPSA) is 71.4 Å². The van der Waals surface area contributed by atoms with Gasteiger partial charge in [-0.2, -0.15) is 4.31 Å². The van der Waals surface area contributed by atoms with E-state index in [1.54, 1.807) is 20.9 Å². The van der Waals surface area contributed by atoms with Crippen LogP contribution in [0.4, 0.5) is 14.5 Å². The van der Waals surface area contributed by atoms with E-state index in [-0.39, 0.29) is 22.2 Å². The number of amides is 1. The first-order valence-electron chi connectivity index (χ1n) is 9.46. The Hall–Kier alpha value is -2.26. The van der Waals surface area contributed by atoms with Gasteiger partial charge in [-0.15, -0.1) is 0 Å². The van der Waals surface area contributed by atoms with Crippen molar-refractivity contribution in [2.75, 3.05) is 18.4 Å². The van der Waals surface area contributed by atoms with Gasteiger partial charge in [-0.25, -0.2) is 17.2 Å². The number of nitrogens with zero attached hydrogens (tertiary/aromatic N) is 2. The van der Waals surface area contributed by atoms with E-state index in [0.717, 1.165) is 25.0 Å². The number of halogens is 2. The van der Waals surface area contributed by atoms with E-state index in [1.807, 2.05) is 6.92 Å². The minimum absolute atomic E-state index is 0.110. The highest BCUT2D eigenvalue weighted by atomic mass is 32.2. The van der Waals surface area contributed by atoms with Crippen molar-refractivity contribution in [2.45, 2.75) is 38.5 Å². The third kappa shape index (κ3) is 3.93. The van der Waals surface area contributed by atoms with Crippen molar-refractivity contribution >= 4 is 21.6 Å². The fourth-order valence-corrected chi connectivity index (χ4v) is 5.99. The third-order valence-corrected chi connectivity index (χ3v) is 7.60. The third-order valence-electron chi connectivity index (χ3n) is 5.47. The van der Waals surface area contributed by atoms with Gasteiger partial charge in [-0.1, -0.05) is 6.92 Å². The molecule has 0 saturated carbocycles. The van der Waals surface area contributed by atoms with Crippen molar-refractivity contribution < 1.29 is 22.0 Å². The lowest BCUT2D eigenvalue weighted by molar-refractivity contribution is 0.101. The number of sulfonamides is 1. The normalized spacial score (nSPS) is 18.1. The van der Waals surface area contributed by atoms with Gasteiger partial charge in [0, 0.05) is 37.5 Å². The van der Waals surface area contributed by atoms with E-state index in [9.17, 15) is 22.0 Å². The van der Waals surface area contributed by atoms with Gasteiger partial charge in [-0.05, 0) is 44.7 Å². The lowest BCUT2D eigenvalue weighted by atomic mass is 10.0. The summed E-state index contributed by atoms with van der Waals surface area (Å²) in [7, 11) is -2.18. The number of carbonyl (C=O) groups is 1. The summed E-state index contributed by atoms with van der Waals surface area (Å²) >= 11 is 0. The standard InChI is InChI=1S/C20H25F2N3O3S/c1-12-6-5-9-25(11-12)29(27,28)19-13(2)18(24(4)14(19)3)20(26)23-17-8-7-15(21)10-16(17)22/h7-8,10,12H,5-6,9,11H2,1-4H3,(H,23,26)/t12-/m0/s1. The van der Waals surface area contributed by atoms with Crippen LogP contribution < -0.4 is 5.32 Å². The molecule has 0 spiro atoms. The number of benzene rings is 1. The molecule has 2 heterocycles. The molecule has 1 N–H and O–H groups in total. The molecule has 0 aliphatic carbocycles. The summed E-state index contributed by atoms with van der Waals surface area (Å²) in [5, 5.41) is 2.40. The molecule has 1 aromatic carbocycles. The van der Waals surface area contributed by atoms with Crippen molar-refractivity contribution in [3.05, 3.63) is 46.8 Å². The van der Waals surface area contributed by atoms with E-state index >= 15 is 0 Å². The van der Waals surface area contributed by atoms with Crippen molar-refractivity contribution in [2.24, 2.45) is 13.0 Å². The number of anilines is 1. The van der Waals surface area contributed by atoms with E-state index in [1.165, 1.54) is 8.87 Å². The summed E-state index contributed by atoms with van der Waals surface area (Å²) in [4.78, 5) is 12.9. The summed E-state index contributed by atoms with van der Waals surface area (Å²) < 4.78 is 56.6. The van der Waals surface area contributed by atoms with Crippen LogP contribution >= 0.6 is 0 Å². The monoisotopic (exact) mass is 425 g/mol. The molecule has 9 heteroatoms. The van der Waals surface area contributed by atoms with Crippen molar-refractivity contribution in [1.82, 2.24) is 8.87 Å². The van der Waals surface area contributed by atoms with E-state index in [4.69, 9.17) is 0 Å². The van der Waals surface area contributed by atoms with Gasteiger partial charge in [0.15, 0.2) is 0 Å². The SMILES string of the molecule is Cc1c(S(=O)(=O)N2CCC[C@H](C)C2)c(C)n(C)c1C(=O)Nc1ccc(F)cc1F. The van der Waals surface area contributed by atoms with Gasteiger partial charge in [0.05, 0.1) is 5.69 Å². The molecule has 1 saturated heterocycles. The van der Waals surface area contributed by atoms with Gasteiger partial charge in [0.1, 0.15) is 22.2 Å². The van der Waals surface area contributed by atoms with Gasteiger partial charge in [0.2, 0.25) is 10.0 Å². The quantitative estimate of drug-likeness (QED) is 0.814. The first-order valence-corrected chi connectivity index (χ1v) is 10.9. The number of hydrogen-bond donors (Lipinski definition) is 1. The lowest BCUT2D eigenvalue weighted by Gasteiger charge is -2.30. The molecule has 0 bridgehead atoms. The van der Waals surface area contributed by atoms with Crippen LogP contribution in [0, 0.1) is 31.4 Å². The molecule has 29 heavy (non-hydrogen) atoms. The minimum Gasteiger partial charge on any atom is -0.342 e. The second kappa shape index (κ2) is 7.87. The number of nitrogens with one attached hydrogen (secondary N) is 1. The van der Waals surface area contributed by atoms with E-state index in [0.29, 0.717) is 30.4 Å². The number of hydrogen-bond acceptors (Lipinski definition) is 3. The first kappa shape index (κ1) is 21.4. The molecule has 0 radical (unpaired) electrons. The number of piperidine rings is 1. The van der Waals surface area contributed by atoms with Crippen molar-refractivity contribution in [3.63, 3.8) is 0 Å². The average molecular weight is 426 g/mol. The molecule has 1 aromatic heterocycles.